The molecular weight excluding hydrogens is 260 g/mol. The third-order valence-corrected chi connectivity index (χ3v) is 2.95. The van der Waals surface area contributed by atoms with Crippen molar-refractivity contribution in [2.75, 3.05) is 13.2 Å². The van der Waals surface area contributed by atoms with Gasteiger partial charge in [-0.2, -0.15) is 0 Å². The van der Waals surface area contributed by atoms with Crippen molar-refractivity contribution in [3.63, 3.8) is 0 Å². The molecule has 4 heteroatoms. The maximum absolute atomic E-state index is 13.5. The highest BCUT2D eigenvalue weighted by Gasteiger charge is 2.12. The first-order valence-corrected chi connectivity index (χ1v) is 6.57. The molecule has 0 saturated carbocycles. The minimum atomic E-state index is -0.560. The van der Waals surface area contributed by atoms with Gasteiger partial charge in [-0.25, -0.2) is 8.78 Å². The van der Waals surface area contributed by atoms with Gasteiger partial charge in [0.2, 0.25) is 0 Å². The second-order valence-corrected chi connectivity index (χ2v) is 4.41. The standard InChI is InChI=1S/C16H17F2NO/c1-2-19-15(12-6-4-3-5-7-12)11-20-16-10-13(17)8-9-14(16)18/h3-10,15,19H,2,11H2,1H3. The van der Waals surface area contributed by atoms with Crippen molar-refractivity contribution in [3.8, 4) is 5.75 Å². The first kappa shape index (κ1) is 14.5. The lowest BCUT2D eigenvalue weighted by atomic mass is 10.1. The maximum atomic E-state index is 13.5. The summed E-state index contributed by atoms with van der Waals surface area (Å²) in [4.78, 5) is 0. The highest BCUT2D eigenvalue weighted by molar-refractivity contribution is 5.25. The minimum absolute atomic E-state index is 0.0659. The van der Waals surface area contributed by atoms with Crippen LogP contribution >= 0.6 is 0 Å². The molecule has 0 aliphatic heterocycles. The second kappa shape index (κ2) is 7.01. The summed E-state index contributed by atoms with van der Waals surface area (Å²) < 4.78 is 32.0. The van der Waals surface area contributed by atoms with Crippen molar-refractivity contribution in [3.05, 3.63) is 65.7 Å². The van der Waals surface area contributed by atoms with Gasteiger partial charge in [0.25, 0.3) is 0 Å². The summed E-state index contributed by atoms with van der Waals surface area (Å²) >= 11 is 0. The second-order valence-electron chi connectivity index (χ2n) is 4.41. The number of nitrogens with one attached hydrogen (secondary N) is 1. The van der Waals surface area contributed by atoms with Gasteiger partial charge in [0.15, 0.2) is 11.6 Å². The van der Waals surface area contributed by atoms with Gasteiger partial charge in [0.05, 0.1) is 6.04 Å². The predicted octanol–water partition coefficient (Wildman–Crippen LogP) is 3.69. The Morgan fingerprint density at radius 3 is 2.55 bits per heavy atom. The van der Waals surface area contributed by atoms with E-state index in [4.69, 9.17) is 4.74 Å². The van der Waals surface area contributed by atoms with Crippen LogP contribution in [0.3, 0.4) is 0 Å². The van der Waals surface area contributed by atoms with E-state index in [0.29, 0.717) is 0 Å². The Morgan fingerprint density at radius 1 is 1.10 bits per heavy atom. The largest absolute Gasteiger partial charge is 0.488 e. The Hall–Kier alpha value is -1.94. The topological polar surface area (TPSA) is 21.3 Å². The monoisotopic (exact) mass is 277 g/mol. The predicted molar refractivity (Wildman–Crippen MR) is 74.7 cm³/mol. The molecule has 0 aliphatic carbocycles. The van der Waals surface area contributed by atoms with Gasteiger partial charge in [-0.1, -0.05) is 37.3 Å². The van der Waals surface area contributed by atoms with Gasteiger partial charge in [-0.3, -0.25) is 0 Å². The molecule has 0 spiro atoms. The molecule has 0 aliphatic rings. The van der Waals surface area contributed by atoms with E-state index in [0.717, 1.165) is 30.3 Å². The van der Waals surface area contributed by atoms with E-state index in [-0.39, 0.29) is 18.4 Å². The van der Waals surface area contributed by atoms with Gasteiger partial charge >= 0.3 is 0 Å². The first-order valence-electron chi connectivity index (χ1n) is 6.57. The van der Waals surface area contributed by atoms with E-state index in [1.165, 1.54) is 0 Å². The lowest BCUT2D eigenvalue weighted by Crippen LogP contribution is -2.26. The molecule has 0 fully saturated rings. The fraction of sp³-hybridized carbons (Fsp3) is 0.250. The number of benzene rings is 2. The van der Waals surface area contributed by atoms with Crippen molar-refractivity contribution in [2.24, 2.45) is 0 Å². The van der Waals surface area contributed by atoms with Crippen LogP contribution in [0.15, 0.2) is 48.5 Å². The Balaban J connectivity index is 2.07. The summed E-state index contributed by atoms with van der Waals surface area (Å²) in [6, 6.07) is 12.9. The number of rotatable bonds is 6. The van der Waals surface area contributed by atoms with Gasteiger partial charge in [-0.05, 0) is 24.2 Å². The summed E-state index contributed by atoms with van der Waals surface area (Å²) in [6.45, 7) is 2.98. The van der Waals surface area contributed by atoms with Crippen LogP contribution in [0.1, 0.15) is 18.5 Å². The average molecular weight is 277 g/mol. The number of hydrogen-bond acceptors (Lipinski definition) is 2. The molecule has 2 aromatic rings. The number of halogens is 2. The van der Waals surface area contributed by atoms with Crippen LogP contribution < -0.4 is 10.1 Å². The van der Waals surface area contributed by atoms with Gasteiger partial charge in [0, 0.05) is 6.07 Å². The Kier molecular flexibility index (Phi) is 5.07. The van der Waals surface area contributed by atoms with Crippen LogP contribution in [0.2, 0.25) is 0 Å². The molecule has 2 rings (SSSR count). The summed E-state index contributed by atoms with van der Waals surface area (Å²) in [6.07, 6.45) is 0. The number of ether oxygens (including phenoxy) is 1. The quantitative estimate of drug-likeness (QED) is 0.869. The number of likely N-dealkylation sites (N-methyl/N-ethyl adjacent to an activating group) is 1. The zero-order chi connectivity index (χ0) is 14.4. The molecule has 1 atom stereocenters. The zero-order valence-corrected chi connectivity index (χ0v) is 11.3. The van der Waals surface area contributed by atoms with Crippen molar-refractivity contribution >= 4 is 0 Å². The highest BCUT2D eigenvalue weighted by Crippen LogP contribution is 2.20. The molecule has 0 aromatic heterocycles. The lowest BCUT2D eigenvalue weighted by Gasteiger charge is -2.19. The fourth-order valence-electron chi connectivity index (χ4n) is 1.97. The fourth-order valence-corrected chi connectivity index (χ4v) is 1.97. The van der Waals surface area contributed by atoms with E-state index in [1.54, 1.807) is 0 Å². The normalized spacial score (nSPS) is 12.2. The lowest BCUT2D eigenvalue weighted by molar-refractivity contribution is 0.256. The van der Waals surface area contributed by atoms with Crippen LogP contribution in [-0.2, 0) is 0 Å². The maximum Gasteiger partial charge on any atom is 0.165 e. The Bertz CT molecular complexity index is 545. The molecule has 2 nitrogen and oxygen atoms in total. The molecule has 20 heavy (non-hydrogen) atoms. The SMILES string of the molecule is CCNC(COc1cc(F)ccc1F)c1ccccc1. The molecule has 0 heterocycles. The van der Waals surface area contributed by atoms with Crippen molar-refractivity contribution in [1.29, 1.82) is 0 Å². The summed E-state index contributed by atoms with van der Waals surface area (Å²) in [7, 11) is 0. The molecule has 0 bridgehead atoms. The van der Waals surface area contributed by atoms with Gasteiger partial charge in [-0.15, -0.1) is 0 Å². The van der Waals surface area contributed by atoms with Crippen LogP contribution in [-0.4, -0.2) is 13.2 Å². The van der Waals surface area contributed by atoms with Crippen LogP contribution in [0, 0.1) is 11.6 Å². The minimum Gasteiger partial charge on any atom is -0.488 e. The van der Waals surface area contributed by atoms with E-state index in [2.05, 4.69) is 5.32 Å². The average Bonchev–Trinajstić information content (AvgIpc) is 2.47. The van der Waals surface area contributed by atoms with Gasteiger partial charge < -0.3 is 10.1 Å². The molecule has 0 amide bonds. The zero-order valence-electron chi connectivity index (χ0n) is 11.3. The summed E-state index contributed by atoms with van der Waals surface area (Å²) in [5, 5.41) is 3.26. The molecule has 1 N–H and O–H groups in total. The molecule has 0 radical (unpaired) electrons. The van der Waals surface area contributed by atoms with Crippen molar-refractivity contribution in [1.82, 2.24) is 5.32 Å². The molecular formula is C16H17F2NO. The summed E-state index contributed by atoms with van der Waals surface area (Å²) in [5.74, 6) is -1.14. The van der Waals surface area contributed by atoms with Crippen LogP contribution in [0.4, 0.5) is 8.78 Å². The van der Waals surface area contributed by atoms with Crippen molar-refractivity contribution < 1.29 is 13.5 Å². The van der Waals surface area contributed by atoms with Gasteiger partial charge in [0.1, 0.15) is 12.4 Å². The molecule has 1 unspecified atom stereocenters. The van der Waals surface area contributed by atoms with Crippen molar-refractivity contribution in [2.45, 2.75) is 13.0 Å². The first-order chi connectivity index (χ1) is 9.70. The Labute approximate surface area is 117 Å². The van der Waals surface area contributed by atoms with E-state index >= 15 is 0 Å². The third-order valence-electron chi connectivity index (χ3n) is 2.95. The van der Waals surface area contributed by atoms with E-state index in [1.807, 2.05) is 37.3 Å². The smallest absolute Gasteiger partial charge is 0.165 e. The molecule has 106 valence electrons. The summed E-state index contributed by atoms with van der Waals surface area (Å²) in [5.41, 5.74) is 1.05. The van der Waals surface area contributed by atoms with E-state index < -0.39 is 11.6 Å². The highest BCUT2D eigenvalue weighted by atomic mass is 19.1. The number of hydrogen-bond donors (Lipinski definition) is 1. The molecule has 2 aromatic carbocycles. The van der Waals surface area contributed by atoms with Crippen LogP contribution in [0.5, 0.6) is 5.75 Å². The molecule has 0 saturated heterocycles. The Morgan fingerprint density at radius 2 is 1.85 bits per heavy atom. The van der Waals surface area contributed by atoms with E-state index in [9.17, 15) is 8.78 Å². The van der Waals surface area contributed by atoms with Crippen LogP contribution in [0.25, 0.3) is 0 Å². The third kappa shape index (κ3) is 3.78.